The van der Waals surface area contributed by atoms with Crippen molar-refractivity contribution in [2.45, 2.75) is 16.7 Å². The van der Waals surface area contributed by atoms with Crippen LogP contribution in [0.25, 0.3) is 21.5 Å². The van der Waals surface area contributed by atoms with Crippen LogP contribution in [0, 0.1) is 6.92 Å². The van der Waals surface area contributed by atoms with E-state index in [1.807, 2.05) is 49.4 Å². The maximum atomic E-state index is 12.3. The maximum absolute atomic E-state index is 12.3. The second-order valence-corrected chi connectivity index (χ2v) is 13.2. The monoisotopic (exact) mass is 711 g/mol. The number of fused-ring (bicyclic) bond motifs is 2. The minimum Gasteiger partial charge on any atom is -0.744 e. The average Bonchev–Trinajstić information content (AvgIpc) is 3.03. The molecular weight excluding hydrogens is 689 g/mol. The fourth-order valence-corrected chi connectivity index (χ4v) is 6.00. The molecule has 236 valence electrons. The number of nitrogens with one attached hydrogen (secondary N) is 1. The standard InChI is InChI=1S/C33H25N5O7S2.2Na/c1-20-7-9-23(10-8-20)35-36-30-16-15-29(27-14-12-25(19-28(27)30)46(40,41)42)37-38-32-31(47(43,44)45)18-21-17-24(11-13-26(21)33(32)39)34-22-5-3-2-4-6-22;;/h2-19,34,39H,1H3,(H,40,41,42)(H,43,44,45);;/q;2*+1/p-2. The van der Waals surface area contributed by atoms with E-state index in [1.165, 1.54) is 18.2 Å². The fourth-order valence-electron chi connectivity index (χ4n) is 4.86. The summed E-state index contributed by atoms with van der Waals surface area (Å²) in [7, 11) is -9.98. The van der Waals surface area contributed by atoms with E-state index in [2.05, 4.69) is 25.8 Å². The van der Waals surface area contributed by atoms with Crippen LogP contribution >= 0.6 is 0 Å². The Morgan fingerprint density at radius 1 is 0.612 bits per heavy atom. The minimum atomic E-state index is -5.14. The van der Waals surface area contributed by atoms with Crippen molar-refractivity contribution in [1.82, 2.24) is 0 Å². The Morgan fingerprint density at radius 2 is 1.24 bits per heavy atom. The topological polar surface area (TPSA) is 196 Å². The molecule has 0 bridgehead atoms. The number of aromatic hydroxyl groups is 1. The van der Waals surface area contributed by atoms with Crippen LogP contribution in [0.1, 0.15) is 5.56 Å². The summed E-state index contributed by atoms with van der Waals surface area (Å²) in [6.45, 7) is 1.92. The zero-order valence-corrected chi connectivity index (χ0v) is 32.0. The number of phenolic OH excluding ortho intramolecular Hbond substituents is 1. The molecule has 0 unspecified atom stereocenters. The van der Waals surface area contributed by atoms with Crippen molar-refractivity contribution in [3.05, 3.63) is 115 Å². The van der Waals surface area contributed by atoms with Gasteiger partial charge in [-0.2, -0.15) is 5.11 Å². The quantitative estimate of drug-likeness (QED) is 0.136. The van der Waals surface area contributed by atoms with Gasteiger partial charge in [0.15, 0.2) is 5.75 Å². The molecule has 6 rings (SSSR count). The number of anilines is 2. The summed E-state index contributed by atoms with van der Waals surface area (Å²) in [6.07, 6.45) is 0. The number of nitrogens with zero attached hydrogens (tertiary/aromatic N) is 4. The summed E-state index contributed by atoms with van der Waals surface area (Å²) in [4.78, 5) is -1.31. The molecule has 0 atom stereocenters. The van der Waals surface area contributed by atoms with Crippen molar-refractivity contribution in [3.63, 3.8) is 0 Å². The molecule has 0 fully saturated rings. The average molecular weight is 712 g/mol. The molecule has 0 aromatic heterocycles. The molecular formula is C33H23N5Na2O7S2. The molecule has 6 aromatic rings. The molecule has 6 aromatic carbocycles. The van der Waals surface area contributed by atoms with E-state index in [1.54, 1.807) is 30.3 Å². The maximum Gasteiger partial charge on any atom is 1.00 e. The van der Waals surface area contributed by atoms with Gasteiger partial charge < -0.3 is 19.5 Å². The van der Waals surface area contributed by atoms with Crippen molar-refractivity contribution in [2.75, 3.05) is 5.32 Å². The van der Waals surface area contributed by atoms with Crippen LogP contribution in [0.15, 0.2) is 139 Å². The number of benzene rings is 6. The van der Waals surface area contributed by atoms with Gasteiger partial charge in [-0.1, -0.05) is 42.0 Å². The third-order valence-corrected chi connectivity index (χ3v) is 8.86. The Labute approximate surface area is 326 Å². The van der Waals surface area contributed by atoms with Crippen LogP contribution in [0.2, 0.25) is 0 Å². The fraction of sp³-hybridized carbons (Fsp3) is 0.0303. The Morgan fingerprint density at radius 3 is 1.90 bits per heavy atom. The minimum absolute atomic E-state index is 0. The second kappa shape index (κ2) is 15.6. The van der Waals surface area contributed by atoms with Crippen molar-refractivity contribution in [3.8, 4) is 5.75 Å². The molecule has 16 heteroatoms. The number of para-hydroxylation sites is 1. The van der Waals surface area contributed by atoms with E-state index in [0.29, 0.717) is 11.4 Å². The van der Waals surface area contributed by atoms with Gasteiger partial charge in [0.1, 0.15) is 25.9 Å². The summed E-state index contributed by atoms with van der Waals surface area (Å²) < 4.78 is 72.5. The van der Waals surface area contributed by atoms with Crippen LogP contribution < -0.4 is 64.4 Å². The third kappa shape index (κ3) is 8.80. The third-order valence-electron chi connectivity index (χ3n) is 7.18. The van der Waals surface area contributed by atoms with Gasteiger partial charge in [-0.15, -0.1) is 15.3 Å². The Balaban J connectivity index is 0.00000270. The molecule has 0 amide bonds. The van der Waals surface area contributed by atoms with Crippen LogP contribution in [-0.4, -0.2) is 31.0 Å². The van der Waals surface area contributed by atoms with Gasteiger partial charge in [-0.25, -0.2) is 16.8 Å². The zero-order chi connectivity index (χ0) is 33.3. The summed E-state index contributed by atoms with van der Waals surface area (Å²) in [5.74, 6) is -0.584. The molecule has 0 heterocycles. The van der Waals surface area contributed by atoms with E-state index in [9.17, 15) is 31.0 Å². The Kier molecular flexibility index (Phi) is 12.2. The number of hydrogen-bond donors (Lipinski definition) is 2. The zero-order valence-electron chi connectivity index (χ0n) is 26.4. The number of aryl methyl sites for hydroxylation is 1. The van der Waals surface area contributed by atoms with Gasteiger partial charge >= 0.3 is 59.1 Å². The number of hydrogen-bond acceptors (Lipinski definition) is 12. The predicted molar refractivity (Wildman–Crippen MR) is 175 cm³/mol. The molecule has 12 nitrogen and oxygen atoms in total. The summed E-state index contributed by atoms with van der Waals surface area (Å²) in [6, 6.07) is 28.8. The Bertz CT molecular complexity index is 2460. The first-order chi connectivity index (χ1) is 22.4. The largest absolute Gasteiger partial charge is 1.00 e. The van der Waals surface area contributed by atoms with E-state index >= 15 is 0 Å². The molecule has 49 heavy (non-hydrogen) atoms. The number of rotatable bonds is 8. The van der Waals surface area contributed by atoms with E-state index in [0.717, 1.165) is 29.4 Å². The van der Waals surface area contributed by atoms with Gasteiger partial charge in [0.05, 0.1) is 26.9 Å². The first kappa shape index (κ1) is 38.3. The Hall–Kier alpha value is -3.54. The SMILES string of the molecule is Cc1ccc(N=Nc2ccc(N=Nc3c(S(=O)(=O)[O-])cc4cc(Nc5ccccc5)ccc4c3O)c3ccc(S(=O)(=O)[O-])cc23)cc1.[Na+].[Na+]. The number of phenols is 1. The van der Waals surface area contributed by atoms with Crippen molar-refractivity contribution in [2.24, 2.45) is 20.5 Å². The van der Waals surface area contributed by atoms with Gasteiger partial charge in [-0.05, 0) is 85.1 Å². The first-order valence-corrected chi connectivity index (χ1v) is 16.7. The molecule has 0 aliphatic heterocycles. The predicted octanol–water partition coefficient (Wildman–Crippen LogP) is 2.40. The summed E-state index contributed by atoms with van der Waals surface area (Å²) >= 11 is 0. The molecule has 0 aliphatic rings. The van der Waals surface area contributed by atoms with Crippen LogP contribution in [0.5, 0.6) is 5.75 Å². The second-order valence-electron chi connectivity index (χ2n) is 10.5. The molecule has 0 saturated carbocycles. The van der Waals surface area contributed by atoms with E-state index in [4.69, 9.17) is 0 Å². The van der Waals surface area contributed by atoms with Crippen LogP contribution in [0.3, 0.4) is 0 Å². The van der Waals surface area contributed by atoms with E-state index in [-0.39, 0.29) is 92.0 Å². The molecule has 0 saturated heterocycles. The van der Waals surface area contributed by atoms with E-state index < -0.39 is 41.5 Å². The van der Waals surface area contributed by atoms with Crippen molar-refractivity contribution >= 4 is 75.9 Å². The normalized spacial score (nSPS) is 11.9. The van der Waals surface area contributed by atoms with Crippen LogP contribution in [-0.2, 0) is 20.2 Å². The van der Waals surface area contributed by atoms with Crippen molar-refractivity contribution in [1.29, 1.82) is 0 Å². The van der Waals surface area contributed by atoms with Crippen LogP contribution in [0.4, 0.5) is 34.1 Å². The van der Waals surface area contributed by atoms with Gasteiger partial charge in [0.2, 0.25) is 0 Å². The van der Waals surface area contributed by atoms with Crippen molar-refractivity contribution < 1.29 is 90.2 Å². The molecule has 2 N–H and O–H groups in total. The number of azo groups is 2. The molecule has 0 radical (unpaired) electrons. The van der Waals surface area contributed by atoms with Gasteiger partial charge in [0.25, 0.3) is 0 Å². The smallest absolute Gasteiger partial charge is 0.744 e. The van der Waals surface area contributed by atoms with Gasteiger partial charge in [-0.3, -0.25) is 0 Å². The summed E-state index contributed by atoms with van der Waals surface area (Å²) in [5.41, 5.74) is 2.63. The first-order valence-electron chi connectivity index (χ1n) is 13.9. The molecule has 0 aliphatic carbocycles. The van der Waals surface area contributed by atoms with Gasteiger partial charge in [0, 0.05) is 27.5 Å². The summed E-state index contributed by atoms with van der Waals surface area (Å²) in [5, 5.41) is 31.8. The molecule has 0 spiro atoms.